The lowest BCUT2D eigenvalue weighted by Gasteiger charge is -2.08. The van der Waals surface area contributed by atoms with E-state index >= 15 is 0 Å². The van der Waals surface area contributed by atoms with Gasteiger partial charge in [0.15, 0.2) is 0 Å². The molecule has 21 heavy (non-hydrogen) atoms. The molecule has 0 aliphatic carbocycles. The summed E-state index contributed by atoms with van der Waals surface area (Å²) in [5.74, 6) is 0.679. The first-order chi connectivity index (χ1) is 10.2. The third kappa shape index (κ3) is 17.3. The van der Waals surface area contributed by atoms with Crippen LogP contribution in [0.25, 0.3) is 0 Å². The van der Waals surface area contributed by atoms with Crippen molar-refractivity contribution >= 4 is 5.91 Å². The molecule has 1 amide bonds. The van der Waals surface area contributed by atoms with Crippen LogP contribution in [0.15, 0.2) is 0 Å². The van der Waals surface area contributed by atoms with Crippen molar-refractivity contribution in [1.82, 2.24) is 5.32 Å². The van der Waals surface area contributed by atoms with Crippen LogP contribution in [0.1, 0.15) is 46.5 Å². The minimum atomic E-state index is -0.0584. The zero-order valence-corrected chi connectivity index (χ0v) is 14.0. The van der Waals surface area contributed by atoms with Gasteiger partial charge in [-0.3, -0.25) is 4.79 Å². The van der Waals surface area contributed by atoms with Gasteiger partial charge in [-0.15, -0.1) is 0 Å². The lowest BCUT2D eigenvalue weighted by molar-refractivity contribution is -0.126. The molecule has 0 aromatic rings. The number of ether oxygens (including phenoxy) is 3. The number of hydrogen-bond donors (Lipinski definition) is 1. The fourth-order valence-electron chi connectivity index (χ4n) is 1.65. The Morgan fingerprint density at radius 2 is 1.57 bits per heavy atom. The summed E-state index contributed by atoms with van der Waals surface area (Å²) in [7, 11) is 0. The van der Waals surface area contributed by atoms with Gasteiger partial charge in [-0.25, -0.2) is 0 Å². The van der Waals surface area contributed by atoms with E-state index in [1.165, 1.54) is 6.42 Å². The van der Waals surface area contributed by atoms with Crippen molar-refractivity contribution in [3.8, 4) is 0 Å². The van der Waals surface area contributed by atoms with Crippen LogP contribution in [0.5, 0.6) is 0 Å². The second-order valence-corrected chi connectivity index (χ2v) is 5.52. The van der Waals surface area contributed by atoms with Gasteiger partial charge < -0.3 is 19.5 Å². The van der Waals surface area contributed by atoms with Crippen molar-refractivity contribution < 1.29 is 19.0 Å². The molecule has 0 aliphatic rings. The maximum Gasteiger partial charge on any atom is 0.245 e. The Bertz CT molecular complexity index is 234. The van der Waals surface area contributed by atoms with E-state index in [1.54, 1.807) is 0 Å². The number of nitrogens with one attached hydrogen (secondary N) is 1. The van der Waals surface area contributed by atoms with Gasteiger partial charge in [0.25, 0.3) is 0 Å². The van der Waals surface area contributed by atoms with Crippen LogP contribution in [0.4, 0.5) is 0 Å². The van der Waals surface area contributed by atoms with Crippen LogP contribution < -0.4 is 5.32 Å². The molecule has 0 radical (unpaired) electrons. The smallest absolute Gasteiger partial charge is 0.245 e. The van der Waals surface area contributed by atoms with Crippen LogP contribution in [0, 0.1) is 5.92 Å². The Balaban J connectivity index is 3.10. The second kappa shape index (κ2) is 15.7. The van der Waals surface area contributed by atoms with E-state index in [4.69, 9.17) is 14.2 Å². The number of amides is 1. The standard InChI is InChI=1S/C16H33NO4/c1-4-5-8-17-16(18)14-21-13-12-20-11-10-19-9-6-7-15(2)3/h15H,4-14H2,1-3H3,(H,17,18). The van der Waals surface area contributed by atoms with Gasteiger partial charge in [0, 0.05) is 13.2 Å². The summed E-state index contributed by atoms with van der Waals surface area (Å²) < 4.78 is 16.0. The molecule has 0 aromatic heterocycles. The van der Waals surface area contributed by atoms with Crippen LogP contribution in [0.2, 0.25) is 0 Å². The molecule has 0 rings (SSSR count). The van der Waals surface area contributed by atoms with Crippen molar-refractivity contribution in [2.24, 2.45) is 5.92 Å². The van der Waals surface area contributed by atoms with Gasteiger partial charge in [0.05, 0.1) is 26.4 Å². The highest BCUT2D eigenvalue weighted by Gasteiger charge is 2.00. The zero-order valence-electron chi connectivity index (χ0n) is 14.0. The molecule has 5 heteroatoms. The van der Waals surface area contributed by atoms with E-state index in [0.29, 0.717) is 26.4 Å². The molecule has 126 valence electrons. The van der Waals surface area contributed by atoms with Crippen molar-refractivity contribution in [3.63, 3.8) is 0 Å². The molecule has 0 spiro atoms. The number of rotatable bonds is 15. The molecule has 0 aromatic carbocycles. The fraction of sp³-hybridized carbons (Fsp3) is 0.938. The van der Waals surface area contributed by atoms with Gasteiger partial charge in [0.1, 0.15) is 6.61 Å². The number of carbonyl (C=O) groups is 1. The maximum absolute atomic E-state index is 11.3. The van der Waals surface area contributed by atoms with Crippen molar-refractivity contribution in [3.05, 3.63) is 0 Å². The van der Waals surface area contributed by atoms with Gasteiger partial charge in [-0.2, -0.15) is 0 Å². The molecule has 5 nitrogen and oxygen atoms in total. The third-order valence-corrected chi connectivity index (χ3v) is 2.90. The molecule has 0 saturated carbocycles. The first-order valence-corrected chi connectivity index (χ1v) is 8.16. The van der Waals surface area contributed by atoms with Crippen LogP contribution in [0.3, 0.4) is 0 Å². The fourth-order valence-corrected chi connectivity index (χ4v) is 1.65. The molecule has 0 unspecified atom stereocenters. The third-order valence-electron chi connectivity index (χ3n) is 2.90. The van der Waals surface area contributed by atoms with Crippen molar-refractivity contribution in [2.75, 3.05) is 46.2 Å². The average Bonchev–Trinajstić information content (AvgIpc) is 2.44. The maximum atomic E-state index is 11.3. The summed E-state index contributed by atoms with van der Waals surface area (Å²) in [5.41, 5.74) is 0. The van der Waals surface area contributed by atoms with Gasteiger partial charge in [-0.05, 0) is 25.2 Å². The Morgan fingerprint density at radius 3 is 2.19 bits per heavy atom. The van der Waals surface area contributed by atoms with E-state index in [9.17, 15) is 4.79 Å². The predicted octanol–water partition coefficient (Wildman–Crippen LogP) is 2.39. The molecule has 1 N–H and O–H groups in total. The normalized spacial score (nSPS) is 11.0. The highest BCUT2D eigenvalue weighted by atomic mass is 16.5. The number of carbonyl (C=O) groups excluding carboxylic acids is 1. The van der Waals surface area contributed by atoms with E-state index in [1.807, 2.05) is 0 Å². The molecule has 0 heterocycles. The predicted molar refractivity (Wildman–Crippen MR) is 84.4 cm³/mol. The zero-order chi connectivity index (χ0) is 15.8. The Kier molecular flexibility index (Phi) is 15.2. The lowest BCUT2D eigenvalue weighted by atomic mass is 10.1. The van der Waals surface area contributed by atoms with Crippen molar-refractivity contribution in [1.29, 1.82) is 0 Å². The summed E-state index contributed by atoms with van der Waals surface area (Å²) in [4.78, 5) is 11.3. The van der Waals surface area contributed by atoms with E-state index in [2.05, 4.69) is 26.1 Å². The van der Waals surface area contributed by atoms with Crippen LogP contribution in [-0.2, 0) is 19.0 Å². The summed E-state index contributed by atoms with van der Waals surface area (Å²) >= 11 is 0. The van der Waals surface area contributed by atoms with Gasteiger partial charge in [-0.1, -0.05) is 27.2 Å². The molecular formula is C16H33NO4. The van der Waals surface area contributed by atoms with E-state index < -0.39 is 0 Å². The van der Waals surface area contributed by atoms with Gasteiger partial charge >= 0.3 is 0 Å². The average molecular weight is 303 g/mol. The summed E-state index contributed by atoms with van der Waals surface area (Å²) in [6.45, 7) is 10.3. The SMILES string of the molecule is CCCCNC(=O)COCCOCCOCCCC(C)C. The van der Waals surface area contributed by atoms with Crippen LogP contribution in [-0.4, -0.2) is 52.1 Å². The molecular weight excluding hydrogens is 270 g/mol. The van der Waals surface area contributed by atoms with Crippen LogP contribution >= 0.6 is 0 Å². The minimum absolute atomic E-state index is 0.0584. The summed E-state index contributed by atoms with van der Waals surface area (Å²) in [6, 6.07) is 0. The largest absolute Gasteiger partial charge is 0.379 e. The van der Waals surface area contributed by atoms with E-state index in [-0.39, 0.29) is 12.5 Å². The number of hydrogen-bond acceptors (Lipinski definition) is 4. The highest BCUT2D eigenvalue weighted by Crippen LogP contribution is 2.02. The molecule has 0 saturated heterocycles. The minimum Gasteiger partial charge on any atom is -0.379 e. The first-order valence-electron chi connectivity index (χ1n) is 8.16. The van der Waals surface area contributed by atoms with E-state index in [0.717, 1.165) is 38.3 Å². The monoisotopic (exact) mass is 303 g/mol. The number of unbranched alkanes of at least 4 members (excludes halogenated alkanes) is 1. The summed E-state index contributed by atoms with van der Waals surface area (Å²) in [5, 5.41) is 2.80. The molecule has 0 atom stereocenters. The molecule has 0 aliphatic heterocycles. The highest BCUT2D eigenvalue weighted by molar-refractivity contribution is 5.77. The Labute approximate surface area is 129 Å². The summed E-state index contributed by atoms with van der Waals surface area (Å²) in [6.07, 6.45) is 4.39. The topological polar surface area (TPSA) is 56.8 Å². The Hall–Kier alpha value is -0.650. The lowest BCUT2D eigenvalue weighted by Crippen LogP contribution is -2.29. The quantitative estimate of drug-likeness (QED) is 0.472. The first kappa shape index (κ1) is 20.3. The Morgan fingerprint density at radius 1 is 0.952 bits per heavy atom. The second-order valence-electron chi connectivity index (χ2n) is 5.52. The van der Waals surface area contributed by atoms with Crippen molar-refractivity contribution in [2.45, 2.75) is 46.5 Å². The molecule has 0 bridgehead atoms. The molecule has 0 fully saturated rings. The van der Waals surface area contributed by atoms with Gasteiger partial charge in [0.2, 0.25) is 5.91 Å².